The fourth-order valence-electron chi connectivity index (χ4n) is 2.00. The standard InChI is InChI=1S/C14H17NO3/c1-9(2)13-11(16-3)7-10(8-12(13)17-4)14-15-5-6-18-14/h5-9H,1-4H3. The predicted octanol–water partition coefficient (Wildman–Crippen LogP) is 3.48. The zero-order chi connectivity index (χ0) is 13.1. The van der Waals surface area contributed by atoms with Crippen molar-refractivity contribution in [1.29, 1.82) is 0 Å². The zero-order valence-electron chi connectivity index (χ0n) is 11.1. The first-order valence-electron chi connectivity index (χ1n) is 5.83. The van der Waals surface area contributed by atoms with Crippen molar-refractivity contribution in [3.8, 4) is 23.0 Å². The van der Waals surface area contributed by atoms with Crippen molar-refractivity contribution in [2.45, 2.75) is 19.8 Å². The first-order valence-corrected chi connectivity index (χ1v) is 5.83. The number of hydrogen-bond acceptors (Lipinski definition) is 4. The van der Waals surface area contributed by atoms with Crippen LogP contribution in [0.3, 0.4) is 0 Å². The highest BCUT2D eigenvalue weighted by atomic mass is 16.5. The van der Waals surface area contributed by atoms with Gasteiger partial charge in [-0.3, -0.25) is 0 Å². The number of oxazole rings is 1. The van der Waals surface area contributed by atoms with E-state index in [0.29, 0.717) is 11.8 Å². The molecule has 0 N–H and O–H groups in total. The lowest BCUT2D eigenvalue weighted by Gasteiger charge is -2.17. The van der Waals surface area contributed by atoms with Gasteiger partial charge in [-0.05, 0) is 18.1 Å². The molecule has 0 spiro atoms. The highest BCUT2D eigenvalue weighted by Gasteiger charge is 2.17. The number of hydrogen-bond donors (Lipinski definition) is 0. The molecule has 0 saturated carbocycles. The van der Waals surface area contributed by atoms with Crippen LogP contribution in [0.2, 0.25) is 0 Å². The van der Waals surface area contributed by atoms with Crippen molar-refractivity contribution >= 4 is 0 Å². The van der Waals surface area contributed by atoms with Crippen molar-refractivity contribution in [3.63, 3.8) is 0 Å². The molecule has 0 atom stereocenters. The first-order chi connectivity index (χ1) is 8.67. The molecular formula is C14H17NO3. The summed E-state index contributed by atoms with van der Waals surface area (Å²) >= 11 is 0. The fraction of sp³-hybridized carbons (Fsp3) is 0.357. The van der Waals surface area contributed by atoms with Gasteiger partial charge in [0.2, 0.25) is 5.89 Å². The molecule has 0 aliphatic rings. The number of rotatable bonds is 4. The maximum atomic E-state index is 5.44. The van der Waals surface area contributed by atoms with Crippen LogP contribution in [-0.2, 0) is 0 Å². The van der Waals surface area contributed by atoms with Crippen LogP contribution < -0.4 is 9.47 Å². The van der Waals surface area contributed by atoms with Gasteiger partial charge in [0.15, 0.2) is 0 Å². The lowest BCUT2D eigenvalue weighted by Crippen LogP contribution is -1.99. The molecule has 1 aromatic heterocycles. The Labute approximate surface area is 107 Å². The van der Waals surface area contributed by atoms with Crippen LogP contribution in [-0.4, -0.2) is 19.2 Å². The molecule has 4 heteroatoms. The van der Waals surface area contributed by atoms with Gasteiger partial charge in [0.1, 0.15) is 17.8 Å². The van der Waals surface area contributed by atoms with E-state index >= 15 is 0 Å². The molecule has 4 nitrogen and oxygen atoms in total. The van der Waals surface area contributed by atoms with Gasteiger partial charge in [0.25, 0.3) is 0 Å². The van der Waals surface area contributed by atoms with Crippen LogP contribution in [0.5, 0.6) is 11.5 Å². The second-order valence-electron chi connectivity index (χ2n) is 4.29. The predicted molar refractivity (Wildman–Crippen MR) is 69.1 cm³/mol. The zero-order valence-corrected chi connectivity index (χ0v) is 11.1. The van der Waals surface area contributed by atoms with Crippen molar-refractivity contribution in [2.75, 3.05) is 14.2 Å². The molecule has 96 valence electrons. The SMILES string of the molecule is COc1cc(-c2ncco2)cc(OC)c1C(C)C. The molecule has 0 amide bonds. The highest BCUT2D eigenvalue weighted by Crippen LogP contribution is 2.38. The molecule has 0 radical (unpaired) electrons. The maximum absolute atomic E-state index is 5.44. The Hall–Kier alpha value is -1.97. The van der Waals surface area contributed by atoms with Crippen LogP contribution in [0.1, 0.15) is 25.3 Å². The Morgan fingerprint density at radius 1 is 1.11 bits per heavy atom. The van der Waals surface area contributed by atoms with E-state index in [-0.39, 0.29) is 0 Å². The normalized spacial score (nSPS) is 10.7. The Morgan fingerprint density at radius 3 is 2.11 bits per heavy atom. The molecule has 0 bridgehead atoms. The second-order valence-corrected chi connectivity index (χ2v) is 4.29. The molecule has 1 heterocycles. The van der Waals surface area contributed by atoms with Crippen molar-refractivity contribution in [2.24, 2.45) is 0 Å². The van der Waals surface area contributed by atoms with Gasteiger partial charge in [0.05, 0.1) is 20.4 Å². The number of nitrogens with zero attached hydrogens (tertiary/aromatic N) is 1. The van der Waals surface area contributed by atoms with E-state index in [2.05, 4.69) is 18.8 Å². The summed E-state index contributed by atoms with van der Waals surface area (Å²) in [6.07, 6.45) is 3.16. The van der Waals surface area contributed by atoms with Gasteiger partial charge in [0, 0.05) is 11.1 Å². The largest absolute Gasteiger partial charge is 0.496 e. The third-order valence-electron chi connectivity index (χ3n) is 2.80. The quantitative estimate of drug-likeness (QED) is 0.829. The summed E-state index contributed by atoms with van der Waals surface area (Å²) < 4.78 is 16.2. The van der Waals surface area contributed by atoms with E-state index in [1.54, 1.807) is 26.7 Å². The van der Waals surface area contributed by atoms with Gasteiger partial charge >= 0.3 is 0 Å². The average molecular weight is 247 g/mol. The minimum absolute atomic E-state index is 0.313. The van der Waals surface area contributed by atoms with E-state index in [0.717, 1.165) is 22.6 Å². The molecule has 2 rings (SSSR count). The number of methoxy groups -OCH3 is 2. The molecule has 0 unspecified atom stereocenters. The van der Waals surface area contributed by atoms with E-state index < -0.39 is 0 Å². The summed E-state index contributed by atoms with van der Waals surface area (Å²) in [5.41, 5.74) is 1.90. The van der Waals surface area contributed by atoms with Crippen LogP contribution in [0, 0.1) is 0 Å². The molecule has 2 aromatic rings. The molecule has 0 saturated heterocycles. The molecular weight excluding hydrogens is 230 g/mol. The third-order valence-corrected chi connectivity index (χ3v) is 2.80. The summed E-state index contributed by atoms with van der Waals surface area (Å²) in [5.74, 6) is 2.45. The summed E-state index contributed by atoms with van der Waals surface area (Å²) in [7, 11) is 3.31. The van der Waals surface area contributed by atoms with Gasteiger partial charge in [-0.15, -0.1) is 0 Å². The molecule has 0 aliphatic heterocycles. The summed E-state index contributed by atoms with van der Waals surface area (Å²) in [6.45, 7) is 4.20. The third kappa shape index (κ3) is 2.18. The lowest BCUT2D eigenvalue weighted by molar-refractivity contribution is 0.382. The first kappa shape index (κ1) is 12.5. The van der Waals surface area contributed by atoms with E-state index in [1.807, 2.05) is 12.1 Å². The van der Waals surface area contributed by atoms with E-state index in [9.17, 15) is 0 Å². The topological polar surface area (TPSA) is 44.5 Å². The van der Waals surface area contributed by atoms with Gasteiger partial charge in [-0.2, -0.15) is 0 Å². The van der Waals surface area contributed by atoms with Crippen LogP contribution >= 0.6 is 0 Å². The molecule has 0 fully saturated rings. The van der Waals surface area contributed by atoms with E-state index in [1.165, 1.54) is 0 Å². The second kappa shape index (κ2) is 5.12. The van der Waals surface area contributed by atoms with Crippen molar-refractivity contribution in [3.05, 3.63) is 30.2 Å². The Balaban J connectivity index is 2.59. The fourth-order valence-corrected chi connectivity index (χ4v) is 2.00. The minimum atomic E-state index is 0.313. The highest BCUT2D eigenvalue weighted by molar-refractivity contribution is 5.63. The van der Waals surface area contributed by atoms with Crippen molar-refractivity contribution in [1.82, 2.24) is 4.98 Å². The van der Waals surface area contributed by atoms with Gasteiger partial charge in [-0.25, -0.2) is 4.98 Å². The van der Waals surface area contributed by atoms with Gasteiger partial charge in [-0.1, -0.05) is 13.8 Å². The van der Waals surface area contributed by atoms with Crippen molar-refractivity contribution < 1.29 is 13.9 Å². The van der Waals surface area contributed by atoms with Gasteiger partial charge < -0.3 is 13.9 Å². The minimum Gasteiger partial charge on any atom is -0.496 e. The number of ether oxygens (including phenoxy) is 2. The maximum Gasteiger partial charge on any atom is 0.226 e. The Kier molecular flexibility index (Phi) is 3.55. The number of aromatic nitrogens is 1. The number of benzene rings is 1. The average Bonchev–Trinajstić information content (AvgIpc) is 2.90. The van der Waals surface area contributed by atoms with E-state index in [4.69, 9.17) is 13.9 Å². The smallest absolute Gasteiger partial charge is 0.226 e. The molecule has 18 heavy (non-hydrogen) atoms. The Morgan fingerprint density at radius 2 is 1.72 bits per heavy atom. The van der Waals surface area contributed by atoms with Crippen LogP contribution in [0.25, 0.3) is 11.5 Å². The summed E-state index contributed by atoms with van der Waals surface area (Å²) in [4.78, 5) is 4.13. The monoisotopic (exact) mass is 247 g/mol. The lowest BCUT2D eigenvalue weighted by atomic mass is 9.98. The molecule has 1 aromatic carbocycles. The summed E-state index contributed by atoms with van der Waals surface area (Å²) in [6, 6.07) is 3.84. The van der Waals surface area contributed by atoms with Crippen LogP contribution in [0.4, 0.5) is 0 Å². The van der Waals surface area contributed by atoms with Crippen LogP contribution in [0.15, 0.2) is 29.0 Å². The molecule has 0 aliphatic carbocycles. The Bertz CT molecular complexity index is 493. The summed E-state index contributed by atoms with van der Waals surface area (Å²) in [5, 5.41) is 0.